The summed E-state index contributed by atoms with van der Waals surface area (Å²) in [4.78, 5) is 0. The summed E-state index contributed by atoms with van der Waals surface area (Å²) in [7, 11) is 0. The van der Waals surface area contributed by atoms with Crippen molar-refractivity contribution in [1.29, 1.82) is 0 Å². The summed E-state index contributed by atoms with van der Waals surface area (Å²) in [5.41, 5.74) is 1.65. The molecular weight excluding hydrogens is 294 g/mol. The first-order valence-electron chi connectivity index (χ1n) is 3.81. The van der Waals surface area contributed by atoms with Crippen LogP contribution in [0.25, 0.3) is 0 Å². The Labute approximate surface area is 77.7 Å². The molecule has 0 N–H and O–H groups in total. The van der Waals surface area contributed by atoms with Gasteiger partial charge in [0.1, 0.15) is 0 Å². The molecule has 1 aliphatic rings. The standard InChI is InChI=1S/C9H15.Re/c1-8(2)9-6-4-3-5-7-9;/h3,6,8H,4-5,7H2,1-2H3;/q-1;. The van der Waals surface area contributed by atoms with Crippen LogP contribution in [0.3, 0.4) is 0 Å². The van der Waals surface area contributed by atoms with E-state index in [0.29, 0.717) is 0 Å². The predicted molar refractivity (Wildman–Crippen MR) is 41.1 cm³/mol. The minimum atomic E-state index is 0. The monoisotopic (exact) mass is 310 g/mol. The molecule has 0 aliphatic heterocycles. The number of allylic oxidation sites excluding steroid dienone is 2. The van der Waals surface area contributed by atoms with Gasteiger partial charge in [0.25, 0.3) is 0 Å². The molecule has 1 radical (unpaired) electrons. The van der Waals surface area contributed by atoms with E-state index >= 15 is 0 Å². The molecule has 10 heavy (non-hydrogen) atoms. The topological polar surface area (TPSA) is 0 Å². The van der Waals surface area contributed by atoms with Crippen LogP contribution in [0.1, 0.15) is 33.1 Å². The van der Waals surface area contributed by atoms with Crippen LogP contribution in [0.15, 0.2) is 11.6 Å². The average molecular weight is 309 g/mol. The van der Waals surface area contributed by atoms with Gasteiger partial charge in [0.15, 0.2) is 0 Å². The SMILES string of the molecule is CC(C)C1=CC[CH-]CC1.[Re]. The average Bonchev–Trinajstić information content (AvgIpc) is 1.90. The molecule has 0 aromatic carbocycles. The molecule has 1 aliphatic carbocycles. The van der Waals surface area contributed by atoms with Gasteiger partial charge in [-0.3, -0.25) is 0 Å². The van der Waals surface area contributed by atoms with Crippen LogP contribution < -0.4 is 0 Å². The largest absolute Gasteiger partial charge is 0.325 e. The van der Waals surface area contributed by atoms with Crippen LogP contribution in [0.4, 0.5) is 0 Å². The predicted octanol–water partition coefficient (Wildman–Crippen LogP) is 2.95. The second kappa shape index (κ2) is 5.11. The van der Waals surface area contributed by atoms with Crippen molar-refractivity contribution in [2.45, 2.75) is 33.1 Å². The van der Waals surface area contributed by atoms with E-state index in [4.69, 9.17) is 0 Å². The van der Waals surface area contributed by atoms with Gasteiger partial charge >= 0.3 is 0 Å². The Hall–Kier alpha value is 0.402. The number of hydrogen-bond acceptors (Lipinski definition) is 0. The molecule has 0 heterocycles. The Bertz CT molecular complexity index is 114. The molecular formula is C9H15Re-. The summed E-state index contributed by atoms with van der Waals surface area (Å²) in [6.45, 7) is 4.55. The minimum Gasteiger partial charge on any atom is -0.325 e. The Balaban J connectivity index is 0.000000810. The molecule has 1 heteroatoms. The van der Waals surface area contributed by atoms with Crippen molar-refractivity contribution < 1.29 is 20.4 Å². The number of rotatable bonds is 1. The molecule has 0 nitrogen and oxygen atoms in total. The quantitative estimate of drug-likeness (QED) is 0.516. The zero-order chi connectivity index (χ0) is 6.69. The van der Waals surface area contributed by atoms with Crippen LogP contribution in [-0.4, -0.2) is 0 Å². The summed E-state index contributed by atoms with van der Waals surface area (Å²) in [5, 5.41) is 0. The van der Waals surface area contributed by atoms with Crippen molar-refractivity contribution in [2.24, 2.45) is 5.92 Å². The fourth-order valence-electron chi connectivity index (χ4n) is 1.25. The van der Waals surface area contributed by atoms with Crippen molar-refractivity contribution >= 4 is 0 Å². The van der Waals surface area contributed by atoms with Crippen molar-refractivity contribution in [3.8, 4) is 0 Å². The van der Waals surface area contributed by atoms with E-state index in [1.54, 1.807) is 5.57 Å². The van der Waals surface area contributed by atoms with E-state index in [9.17, 15) is 0 Å². The van der Waals surface area contributed by atoms with Gasteiger partial charge in [-0.05, 0) is 5.92 Å². The Kier molecular flexibility index (Phi) is 5.31. The summed E-state index contributed by atoms with van der Waals surface area (Å²) in [6.07, 6.45) is 8.52. The van der Waals surface area contributed by atoms with Crippen molar-refractivity contribution in [2.75, 3.05) is 0 Å². The van der Waals surface area contributed by atoms with E-state index in [1.807, 2.05) is 0 Å². The van der Waals surface area contributed by atoms with E-state index in [-0.39, 0.29) is 20.4 Å². The Morgan fingerprint density at radius 3 is 2.50 bits per heavy atom. The molecule has 0 amide bonds. The maximum atomic E-state index is 2.37. The zero-order valence-electron chi connectivity index (χ0n) is 6.73. The fourth-order valence-corrected chi connectivity index (χ4v) is 1.25. The van der Waals surface area contributed by atoms with Crippen LogP contribution in [0, 0.1) is 12.3 Å². The van der Waals surface area contributed by atoms with Crippen LogP contribution in [0.2, 0.25) is 0 Å². The molecule has 59 valence electrons. The third kappa shape index (κ3) is 2.99. The molecule has 0 atom stereocenters. The molecule has 0 aromatic heterocycles. The van der Waals surface area contributed by atoms with Gasteiger partial charge in [0, 0.05) is 20.4 Å². The summed E-state index contributed by atoms with van der Waals surface area (Å²) >= 11 is 0. The van der Waals surface area contributed by atoms with Gasteiger partial charge in [-0.15, -0.1) is 6.08 Å². The smallest absolute Gasteiger partial charge is 0 e. The zero-order valence-corrected chi connectivity index (χ0v) is 9.45. The van der Waals surface area contributed by atoms with E-state index in [2.05, 4.69) is 26.3 Å². The van der Waals surface area contributed by atoms with E-state index in [1.165, 1.54) is 19.3 Å². The van der Waals surface area contributed by atoms with Crippen LogP contribution in [-0.2, 0) is 20.4 Å². The summed E-state index contributed by atoms with van der Waals surface area (Å²) in [5.74, 6) is 0.777. The maximum Gasteiger partial charge on any atom is 0 e. The van der Waals surface area contributed by atoms with Crippen LogP contribution in [0.5, 0.6) is 0 Å². The summed E-state index contributed by atoms with van der Waals surface area (Å²) in [6, 6.07) is 0. The fraction of sp³-hybridized carbons (Fsp3) is 0.667. The van der Waals surface area contributed by atoms with Gasteiger partial charge < -0.3 is 6.42 Å². The van der Waals surface area contributed by atoms with Crippen molar-refractivity contribution in [1.82, 2.24) is 0 Å². The minimum absolute atomic E-state index is 0. The molecule has 0 bridgehead atoms. The second-order valence-electron chi connectivity index (χ2n) is 3.00. The molecule has 0 unspecified atom stereocenters. The number of hydrogen-bond donors (Lipinski definition) is 0. The summed E-state index contributed by atoms with van der Waals surface area (Å²) < 4.78 is 0. The second-order valence-corrected chi connectivity index (χ2v) is 3.00. The third-order valence-corrected chi connectivity index (χ3v) is 1.93. The maximum absolute atomic E-state index is 2.37. The Morgan fingerprint density at radius 1 is 1.50 bits per heavy atom. The molecule has 1 rings (SSSR count). The molecule has 0 aromatic rings. The Morgan fingerprint density at radius 2 is 2.20 bits per heavy atom. The molecule has 0 fully saturated rings. The van der Waals surface area contributed by atoms with Gasteiger partial charge in [-0.2, -0.15) is 12.8 Å². The van der Waals surface area contributed by atoms with Gasteiger partial charge in [-0.25, -0.2) is 0 Å². The van der Waals surface area contributed by atoms with Crippen LogP contribution >= 0.6 is 0 Å². The molecule has 0 saturated heterocycles. The first kappa shape index (κ1) is 10.4. The van der Waals surface area contributed by atoms with Gasteiger partial charge in [0.2, 0.25) is 0 Å². The van der Waals surface area contributed by atoms with Crippen molar-refractivity contribution in [3.05, 3.63) is 18.1 Å². The first-order valence-corrected chi connectivity index (χ1v) is 3.81. The third-order valence-electron chi connectivity index (χ3n) is 1.93. The normalized spacial score (nSPS) is 18.1. The van der Waals surface area contributed by atoms with Gasteiger partial charge in [0.05, 0.1) is 0 Å². The van der Waals surface area contributed by atoms with Gasteiger partial charge in [-0.1, -0.05) is 25.8 Å². The van der Waals surface area contributed by atoms with Crippen molar-refractivity contribution in [3.63, 3.8) is 0 Å². The molecule has 0 spiro atoms. The van der Waals surface area contributed by atoms with E-state index < -0.39 is 0 Å². The molecule has 0 saturated carbocycles. The first-order chi connectivity index (χ1) is 4.30. The van der Waals surface area contributed by atoms with E-state index in [0.717, 1.165) is 5.92 Å².